The molecule has 2 aliphatic rings. The fourth-order valence-corrected chi connectivity index (χ4v) is 7.48. The van der Waals surface area contributed by atoms with Crippen molar-refractivity contribution < 1.29 is 31.6 Å². The predicted octanol–water partition coefficient (Wildman–Crippen LogP) is 4.23. The highest BCUT2D eigenvalue weighted by Crippen LogP contribution is 2.24. The standard InChI is InChI=1S/C36H42FN5O6S/c1-3-38-49(45,46)30-8-4-25(5-9-30)23-41-16-18-42(19-17-41)36(44)27-7-11-32-28(21-27)22-34(48-32)35(43)39-29-12-14-40(15-13-29)24-26-6-10-33(47-2)31(37)20-26/h4-11,20-22,29,38H,3,12-19,23-24H2,1-2H3,(H,39,43). The molecule has 13 heteroatoms. The SMILES string of the molecule is CCNS(=O)(=O)c1ccc(CN2CCN(C(=O)c3ccc4oc(C(=O)NC5CCN(Cc6ccc(OC)c(F)c6)CC5)cc4c3)CC2)cc1. The molecule has 2 aliphatic heterocycles. The van der Waals surface area contributed by atoms with Gasteiger partial charge in [0, 0.05) is 75.9 Å². The number of nitrogens with one attached hydrogen (secondary N) is 2. The zero-order chi connectivity index (χ0) is 34.5. The Labute approximate surface area is 286 Å². The highest BCUT2D eigenvalue weighted by molar-refractivity contribution is 7.89. The van der Waals surface area contributed by atoms with E-state index in [-0.39, 0.29) is 40.1 Å². The first kappa shape index (κ1) is 34.6. The molecule has 0 aliphatic carbocycles. The van der Waals surface area contributed by atoms with Crippen LogP contribution >= 0.6 is 0 Å². The van der Waals surface area contributed by atoms with Crippen LogP contribution in [-0.4, -0.2) is 93.9 Å². The lowest BCUT2D eigenvalue weighted by atomic mass is 10.0. The van der Waals surface area contributed by atoms with Gasteiger partial charge in [-0.05, 0) is 72.5 Å². The first-order valence-corrected chi connectivity index (χ1v) is 18.1. The zero-order valence-electron chi connectivity index (χ0n) is 27.8. The van der Waals surface area contributed by atoms with Crippen LogP contribution in [0.15, 0.2) is 76.0 Å². The monoisotopic (exact) mass is 691 g/mol. The highest BCUT2D eigenvalue weighted by atomic mass is 32.2. The number of hydrogen-bond acceptors (Lipinski definition) is 8. The van der Waals surface area contributed by atoms with Gasteiger partial charge in [-0.2, -0.15) is 0 Å². The smallest absolute Gasteiger partial charge is 0.287 e. The number of hydrogen-bond donors (Lipinski definition) is 2. The third-order valence-electron chi connectivity index (χ3n) is 9.17. The van der Waals surface area contributed by atoms with Crippen LogP contribution in [0.5, 0.6) is 5.75 Å². The number of nitrogens with zero attached hydrogens (tertiary/aromatic N) is 3. The molecule has 49 heavy (non-hydrogen) atoms. The van der Waals surface area contributed by atoms with Crippen molar-refractivity contribution in [2.45, 2.75) is 43.8 Å². The predicted molar refractivity (Wildman–Crippen MR) is 183 cm³/mol. The number of likely N-dealkylation sites (tertiary alicyclic amines) is 1. The van der Waals surface area contributed by atoms with Crippen molar-refractivity contribution in [2.24, 2.45) is 0 Å². The van der Waals surface area contributed by atoms with Gasteiger partial charge in [0.15, 0.2) is 17.3 Å². The molecule has 0 bridgehead atoms. The Kier molecular flexibility index (Phi) is 10.6. The van der Waals surface area contributed by atoms with Crippen LogP contribution in [0, 0.1) is 5.82 Å². The van der Waals surface area contributed by atoms with Gasteiger partial charge in [-0.15, -0.1) is 0 Å². The number of amides is 2. The second-order valence-electron chi connectivity index (χ2n) is 12.6. The summed E-state index contributed by atoms with van der Waals surface area (Å²) in [5.41, 5.74) is 2.96. The van der Waals surface area contributed by atoms with Crippen molar-refractivity contribution in [1.29, 1.82) is 0 Å². The molecule has 0 atom stereocenters. The number of piperidine rings is 1. The summed E-state index contributed by atoms with van der Waals surface area (Å²) < 4.78 is 51.9. The minimum Gasteiger partial charge on any atom is -0.494 e. The molecule has 260 valence electrons. The first-order chi connectivity index (χ1) is 23.6. The van der Waals surface area contributed by atoms with E-state index in [0.29, 0.717) is 62.3 Å². The summed E-state index contributed by atoms with van der Waals surface area (Å²) in [5.74, 6) is -0.300. The van der Waals surface area contributed by atoms with Crippen molar-refractivity contribution in [3.63, 3.8) is 0 Å². The van der Waals surface area contributed by atoms with E-state index in [2.05, 4.69) is 19.8 Å². The number of sulfonamides is 1. The molecule has 1 aromatic heterocycles. The van der Waals surface area contributed by atoms with Crippen molar-refractivity contribution in [2.75, 3.05) is 52.9 Å². The Balaban J connectivity index is 0.979. The van der Waals surface area contributed by atoms with Gasteiger partial charge in [0.05, 0.1) is 12.0 Å². The number of methoxy groups -OCH3 is 1. The Morgan fingerprint density at radius 2 is 1.55 bits per heavy atom. The molecular weight excluding hydrogens is 649 g/mol. The van der Waals surface area contributed by atoms with E-state index in [1.807, 2.05) is 23.1 Å². The molecule has 0 unspecified atom stereocenters. The average Bonchev–Trinajstić information content (AvgIpc) is 3.54. The molecule has 2 saturated heterocycles. The number of carbonyl (C=O) groups excluding carboxylic acids is 2. The van der Waals surface area contributed by atoms with Gasteiger partial charge in [-0.3, -0.25) is 19.4 Å². The van der Waals surface area contributed by atoms with E-state index < -0.39 is 10.0 Å². The minimum absolute atomic E-state index is 0.000950. The molecule has 2 N–H and O–H groups in total. The maximum atomic E-state index is 14.1. The molecule has 3 heterocycles. The van der Waals surface area contributed by atoms with Gasteiger partial charge in [0.1, 0.15) is 5.58 Å². The van der Waals surface area contributed by atoms with E-state index >= 15 is 0 Å². The maximum Gasteiger partial charge on any atom is 0.287 e. The Bertz CT molecular complexity index is 1900. The lowest BCUT2D eigenvalue weighted by Crippen LogP contribution is -2.48. The molecular formula is C36H42FN5O6S. The molecule has 0 saturated carbocycles. The van der Waals surface area contributed by atoms with Crippen LogP contribution in [0.4, 0.5) is 4.39 Å². The molecule has 4 aromatic rings. The van der Waals surface area contributed by atoms with Crippen LogP contribution < -0.4 is 14.8 Å². The van der Waals surface area contributed by atoms with E-state index in [1.54, 1.807) is 49.4 Å². The van der Waals surface area contributed by atoms with Gasteiger partial charge >= 0.3 is 0 Å². The molecule has 11 nitrogen and oxygen atoms in total. The van der Waals surface area contributed by atoms with E-state index in [1.165, 1.54) is 13.2 Å². The molecule has 2 amide bonds. The fraction of sp³-hybridized carbons (Fsp3) is 0.389. The Hall–Kier alpha value is -4.30. The Morgan fingerprint density at radius 3 is 2.22 bits per heavy atom. The average molecular weight is 692 g/mol. The van der Waals surface area contributed by atoms with Gasteiger partial charge in [0.2, 0.25) is 10.0 Å². The summed E-state index contributed by atoms with van der Waals surface area (Å²) in [7, 11) is -2.04. The van der Waals surface area contributed by atoms with Crippen molar-refractivity contribution in [3.05, 3.63) is 95.0 Å². The number of rotatable bonds is 11. The van der Waals surface area contributed by atoms with E-state index in [4.69, 9.17) is 9.15 Å². The second-order valence-corrected chi connectivity index (χ2v) is 14.3. The van der Waals surface area contributed by atoms with Gasteiger partial charge in [0.25, 0.3) is 11.8 Å². The summed E-state index contributed by atoms with van der Waals surface area (Å²) in [6, 6.07) is 18.8. The quantitative estimate of drug-likeness (QED) is 0.240. The third kappa shape index (κ3) is 8.30. The summed E-state index contributed by atoms with van der Waals surface area (Å²) in [6.07, 6.45) is 1.54. The Morgan fingerprint density at radius 1 is 0.878 bits per heavy atom. The van der Waals surface area contributed by atoms with Crippen molar-refractivity contribution in [1.82, 2.24) is 24.7 Å². The number of fused-ring (bicyclic) bond motifs is 1. The summed E-state index contributed by atoms with van der Waals surface area (Å²) in [6.45, 7) is 7.45. The maximum absolute atomic E-state index is 14.1. The van der Waals surface area contributed by atoms with Crippen molar-refractivity contribution >= 4 is 32.8 Å². The number of piperazine rings is 1. The number of furan rings is 1. The van der Waals surface area contributed by atoms with Crippen LogP contribution in [0.2, 0.25) is 0 Å². The lowest BCUT2D eigenvalue weighted by Gasteiger charge is -2.34. The molecule has 0 spiro atoms. The molecule has 6 rings (SSSR count). The lowest BCUT2D eigenvalue weighted by molar-refractivity contribution is 0.0628. The third-order valence-corrected chi connectivity index (χ3v) is 10.7. The topological polar surface area (TPSA) is 124 Å². The molecule has 2 fully saturated rings. The van der Waals surface area contributed by atoms with Crippen LogP contribution in [0.1, 0.15) is 51.8 Å². The van der Waals surface area contributed by atoms with Gasteiger partial charge in [-0.1, -0.05) is 25.1 Å². The summed E-state index contributed by atoms with van der Waals surface area (Å²) in [4.78, 5) is 33.0. The number of benzene rings is 3. The van der Waals surface area contributed by atoms with Crippen LogP contribution in [0.3, 0.4) is 0 Å². The van der Waals surface area contributed by atoms with Gasteiger partial charge in [-0.25, -0.2) is 17.5 Å². The van der Waals surface area contributed by atoms with E-state index in [0.717, 1.165) is 37.1 Å². The number of ether oxygens (including phenoxy) is 1. The van der Waals surface area contributed by atoms with Crippen LogP contribution in [0.25, 0.3) is 11.0 Å². The highest BCUT2D eigenvalue weighted by Gasteiger charge is 2.25. The number of halogens is 1. The fourth-order valence-electron chi connectivity index (χ4n) is 6.44. The van der Waals surface area contributed by atoms with Crippen LogP contribution in [-0.2, 0) is 23.1 Å². The largest absolute Gasteiger partial charge is 0.494 e. The summed E-state index contributed by atoms with van der Waals surface area (Å²) in [5, 5.41) is 3.77. The first-order valence-electron chi connectivity index (χ1n) is 16.6. The van der Waals surface area contributed by atoms with Gasteiger partial charge < -0.3 is 19.4 Å². The minimum atomic E-state index is -3.48. The number of carbonyl (C=O) groups is 2. The molecule has 3 aromatic carbocycles. The molecule has 0 radical (unpaired) electrons. The zero-order valence-corrected chi connectivity index (χ0v) is 28.6. The summed E-state index contributed by atoms with van der Waals surface area (Å²) >= 11 is 0. The van der Waals surface area contributed by atoms with Crippen molar-refractivity contribution in [3.8, 4) is 5.75 Å². The van der Waals surface area contributed by atoms with E-state index in [9.17, 15) is 22.4 Å². The normalized spacial score (nSPS) is 16.6. The second kappa shape index (κ2) is 15.1.